The Bertz CT molecular complexity index is 1090. The minimum Gasteiger partial charge on any atom is -0.350 e. The van der Waals surface area contributed by atoms with Gasteiger partial charge >= 0.3 is 0 Å². The molecule has 1 aliphatic heterocycles. The molecule has 2 aromatic heterocycles. The summed E-state index contributed by atoms with van der Waals surface area (Å²) in [4.78, 5) is 35.7. The average Bonchev–Trinajstić information content (AvgIpc) is 3.45. The number of anilines is 2. The number of rotatable bonds is 6. The Hall–Kier alpha value is -2.68. The number of halogens is 2. The minimum absolute atomic E-state index is 0.160. The van der Waals surface area contributed by atoms with Gasteiger partial charge in [-0.15, -0.1) is 11.3 Å². The number of pyridine rings is 1. The van der Waals surface area contributed by atoms with Gasteiger partial charge in [0, 0.05) is 36.6 Å². The van der Waals surface area contributed by atoms with Crippen LogP contribution in [-0.2, 0) is 11.3 Å². The summed E-state index contributed by atoms with van der Waals surface area (Å²) in [6, 6.07) is 8.34. The Labute approximate surface area is 193 Å². The molecule has 0 saturated carbocycles. The van der Waals surface area contributed by atoms with Gasteiger partial charge in [0.15, 0.2) is 5.13 Å². The summed E-state index contributed by atoms with van der Waals surface area (Å²) in [6.07, 6.45) is 4.77. The lowest BCUT2D eigenvalue weighted by molar-refractivity contribution is -0.125. The largest absolute Gasteiger partial charge is 0.350 e. The van der Waals surface area contributed by atoms with Gasteiger partial charge < -0.3 is 15.5 Å². The molecule has 0 bridgehead atoms. The predicted octanol–water partition coefficient (Wildman–Crippen LogP) is 4.51. The lowest BCUT2D eigenvalue weighted by atomic mass is 10.2. The van der Waals surface area contributed by atoms with Crippen molar-refractivity contribution in [2.45, 2.75) is 25.4 Å². The summed E-state index contributed by atoms with van der Waals surface area (Å²) in [7, 11) is 0. The molecule has 3 aromatic rings. The van der Waals surface area contributed by atoms with Gasteiger partial charge in [-0.25, -0.2) is 4.98 Å². The molecule has 0 radical (unpaired) electrons. The van der Waals surface area contributed by atoms with Gasteiger partial charge in [0.2, 0.25) is 5.91 Å². The van der Waals surface area contributed by atoms with E-state index in [1.54, 1.807) is 40.9 Å². The first kappa shape index (κ1) is 21.5. The van der Waals surface area contributed by atoms with Crippen LogP contribution in [0, 0.1) is 0 Å². The van der Waals surface area contributed by atoms with Crippen LogP contribution in [0.15, 0.2) is 48.1 Å². The highest BCUT2D eigenvalue weighted by Crippen LogP contribution is 2.29. The Morgan fingerprint density at radius 2 is 1.97 bits per heavy atom. The molecule has 1 atom stereocenters. The maximum atomic E-state index is 13.0. The quantitative estimate of drug-likeness (QED) is 0.547. The molecule has 0 unspecified atom stereocenters. The number of benzene rings is 1. The number of carbonyl (C=O) groups excluding carboxylic acids is 2. The van der Waals surface area contributed by atoms with Crippen LogP contribution in [0.4, 0.5) is 10.8 Å². The third-order valence-electron chi connectivity index (χ3n) is 4.93. The van der Waals surface area contributed by atoms with Crippen molar-refractivity contribution in [1.29, 1.82) is 0 Å². The molecule has 31 heavy (non-hydrogen) atoms. The van der Waals surface area contributed by atoms with Crippen LogP contribution in [0.25, 0.3) is 0 Å². The van der Waals surface area contributed by atoms with E-state index in [0.717, 1.165) is 17.7 Å². The molecule has 1 saturated heterocycles. The molecule has 2 amide bonds. The molecule has 7 nitrogen and oxygen atoms in total. The molecular weight excluding hydrogens is 457 g/mol. The third-order valence-corrected chi connectivity index (χ3v) is 6.42. The summed E-state index contributed by atoms with van der Waals surface area (Å²) >= 11 is 13.3. The number of hydrogen-bond donors (Lipinski definition) is 2. The Kier molecular flexibility index (Phi) is 6.70. The molecule has 10 heteroatoms. The number of aromatic nitrogens is 2. The minimum atomic E-state index is -0.498. The summed E-state index contributed by atoms with van der Waals surface area (Å²) in [5, 5.41) is 9.16. The maximum Gasteiger partial charge on any atom is 0.274 e. The average molecular weight is 476 g/mol. The molecule has 0 aliphatic carbocycles. The van der Waals surface area contributed by atoms with E-state index < -0.39 is 6.04 Å². The van der Waals surface area contributed by atoms with E-state index in [9.17, 15) is 9.59 Å². The second-order valence-corrected chi connectivity index (χ2v) is 8.69. The van der Waals surface area contributed by atoms with Gasteiger partial charge in [-0.3, -0.25) is 14.6 Å². The number of nitrogens with zero attached hydrogens (tertiary/aromatic N) is 3. The van der Waals surface area contributed by atoms with E-state index in [1.165, 1.54) is 11.3 Å². The van der Waals surface area contributed by atoms with E-state index in [0.29, 0.717) is 40.4 Å². The van der Waals surface area contributed by atoms with Crippen molar-refractivity contribution < 1.29 is 9.59 Å². The van der Waals surface area contributed by atoms with Gasteiger partial charge in [0.25, 0.3) is 5.91 Å². The number of carbonyl (C=O) groups is 2. The molecule has 160 valence electrons. The fourth-order valence-corrected chi connectivity index (χ4v) is 4.37. The standard InChI is InChI=1S/C21H19Cl2N5O2S/c22-15-4-3-14(10-16(15)23)26-21-27-17(12-31-21)20(30)28-9-1-2-18(28)19(29)25-11-13-5-7-24-8-6-13/h3-8,10,12,18H,1-2,9,11H2,(H,25,29)(H,26,27)/t18-/m0/s1. The van der Waals surface area contributed by atoms with Crippen molar-refractivity contribution in [2.24, 2.45) is 0 Å². The summed E-state index contributed by atoms with van der Waals surface area (Å²) < 4.78 is 0. The molecule has 1 aliphatic rings. The number of thiazole rings is 1. The maximum absolute atomic E-state index is 13.0. The number of nitrogens with one attached hydrogen (secondary N) is 2. The third kappa shape index (κ3) is 5.15. The van der Waals surface area contributed by atoms with Crippen molar-refractivity contribution in [3.05, 3.63) is 69.4 Å². The fraction of sp³-hybridized carbons (Fsp3) is 0.238. The zero-order chi connectivity index (χ0) is 21.8. The molecule has 1 aromatic carbocycles. The van der Waals surface area contributed by atoms with E-state index in [2.05, 4.69) is 20.6 Å². The van der Waals surface area contributed by atoms with Crippen LogP contribution in [0.2, 0.25) is 10.0 Å². The fourth-order valence-electron chi connectivity index (χ4n) is 3.36. The summed E-state index contributed by atoms with van der Waals surface area (Å²) in [5.41, 5.74) is 1.98. The number of hydrogen-bond acceptors (Lipinski definition) is 6. The Morgan fingerprint density at radius 3 is 2.74 bits per heavy atom. The highest BCUT2D eigenvalue weighted by molar-refractivity contribution is 7.14. The van der Waals surface area contributed by atoms with Crippen LogP contribution in [0.3, 0.4) is 0 Å². The van der Waals surface area contributed by atoms with Crippen LogP contribution >= 0.6 is 34.5 Å². The van der Waals surface area contributed by atoms with Crippen molar-refractivity contribution in [2.75, 3.05) is 11.9 Å². The van der Waals surface area contributed by atoms with Gasteiger partial charge in [-0.05, 0) is 48.7 Å². The van der Waals surface area contributed by atoms with Crippen LogP contribution in [0.5, 0.6) is 0 Å². The van der Waals surface area contributed by atoms with E-state index in [1.807, 2.05) is 12.1 Å². The summed E-state index contributed by atoms with van der Waals surface area (Å²) in [5.74, 6) is -0.410. The topological polar surface area (TPSA) is 87.2 Å². The van der Waals surface area contributed by atoms with Gasteiger partial charge in [-0.2, -0.15) is 0 Å². The first-order valence-electron chi connectivity index (χ1n) is 9.66. The van der Waals surface area contributed by atoms with Crippen molar-refractivity contribution in [3.63, 3.8) is 0 Å². The number of amides is 2. The lowest BCUT2D eigenvalue weighted by Crippen LogP contribution is -2.45. The molecule has 3 heterocycles. The normalized spacial score (nSPS) is 15.7. The van der Waals surface area contributed by atoms with Crippen molar-refractivity contribution >= 4 is 57.2 Å². The zero-order valence-electron chi connectivity index (χ0n) is 16.3. The monoisotopic (exact) mass is 475 g/mol. The van der Waals surface area contributed by atoms with Crippen molar-refractivity contribution in [3.8, 4) is 0 Å². The molecule has 4 rings (SSSR count). The van der Waals surface area contributed by atoms with Gasteiger partial charge in [-0.1, -0.05) is 23.2 Å². The van der Waals surface area contributed by atoms with E-state index in [-0.39, 0.29) is 11.8 Å². The zero-order valence-corrected chi connectivity index (χ0v) is 18.7. The first-order valence-corrected chi connectivity index (χ1v) is 11.3. The van der Waals surface area contributed by atoms with Crippen LogP contribution in [0.1, 0.15) is 28.9 Å². The lowest BCUT2D eigenvalue weighted by Gasteiger charge is -2.23. The van der Waals surface area contributed by atoms with E-state index in [4.69, 9.17) is 23.2 Å². The molecule has 2 N–H and O–H groups in total. The van der Waals surface area contributed by atoms with Crippen LogP contribution < -0.4 is 10.6 Å². The van der Waals surface area contributed by atoms with Crippen molar-refractivity contribution in [1.82, 2.24) is 20.2 Å². The predicted molar refractivity (Wildman–Crippen MR) is 122 cm³/mol. The highest BCUT2D eigenvalue weighted by Gasteiger charge is 2.35. The van der Waals surface area contributed by atoms with Crippen LogP contribution in [-0.4, -0.2) is 39.3 Å². The highest BCUT2D eigenvalue weighted by atomic mass is 35.5. The Morgan fingerprint density at radius 1 is 1.16 bits per heavy atom. The smallest absolute Gasteiger partial charge is 0.274 e. The second kappa shape index (κ2) is 9.64. The molecular formula is C21H19Cl2N5O2S. The number of likely N-dealkylation sites (tertiary alicyclic amines) is 1. The molecule has 1 fully saturated rings. The Balaban J connectivity index is 1.40. The van der Waals surface area contributed by atoms with Gasteiger partial charge in [0.1, 0.15) is 11.7 Å². The second-order valence-electron chi connectivity index (χ2n) is 7.02. The first-order chi connectivity index (χ1) is 15.0. The SMILES string of the molecule is O=C(NCc1ccncc1)[C@@H]1CCCN1C(=O)c1csc(Nc2ccc(Cl)c(Cl)c2)n1. The molecule has 0 spiro atoms. The van der Waals surface area contributed by atoms with Gasteiger partial charge in [0.05, 0.1) is 10.0 Å². The summed E-state index contributed by atoms with van der Waals surface area (Å²) in [6.45, 7) is 0.924. The van der Waals surface area contributed by atoms with E-state index >= 15 is 0 Å².